The van der Waals surface area contributed by atoms with Crippen LogP contribution in [0.3, 0.4) is 0 Å². The summed E-state index contributed by atoms with van der Waals surface area (Å²) < 4.78 is 0. The fraction of sp³-hybridized carbons (Fsp3) is 0.167. The van der Waals surface area contributed by atoms with Crippen LogP contribution in [0.5, 0.6) is 5.75 Å². The van der Waals surface area contributed by atoms with Crippen molar-refractivity contribution >= 4 is 11.5 Å². The minimum atomic E-state index is -0.135. The molecule has 4 nitrogen and oxygen atoms in total. The van der Waals surface area contributed by atoms with E-state index in [1.165, 1.54) is 11.1 Å². The zero-order chi connectivity index (χ0) is 19.9. The lowest BCUT2D eigenvalue weighted by Gasteiger charge is -2.11. The maximum atomic E-state index is 12.6. The number of nitrogens with one attached hydrogen (secondary N) is 1. The van der Waals surface area contributed by atoms with E-state index in [4.69, 9.17) is 0 Å². The first-order valence-corrected chi connectivity index (χ1v) is 9.28. The summed E-state index contributed by atoms with van der Waals surface area (Å²) in [6.45, 7) is 4.67. The van der Waals surface area contributed by atoms with E-state index in [1.807, 2.05) is 30.3 Å². The standard InChI is InChI=1S/C24H24N2O2/c1-17-3-6-21(15-18(17)2)23(20-10-12-25-13-11-20)16-24(28)26-14-9-19-4-7-22(27)8-5-19/h3-8,10-13,15-16,27H,9,14H2,1-2H3,(H,26,28)/b23-16+. The highest BCUT2D eigenvalue weighted by Gasteiger charge is 2.09. The smallest absolute Gasteiger partial charge is 0.244 e. The van der Waals surface area contributed by atoms with Gasteiger partial charge in [-0.3, -0.25) is 9.78 Å². The number of hydrogen-bond donors (Lipinski definition) is 2. The number of amides is 1. The molecule has 0 aliphatic heterocycles. The molecule has 0 unspecified atom stereocenters. The Morgan fingerprint density at radius 1 is 0.964 bits per heavy atom. The summed E-state index contributed by atoms with van der Waals surface area (Å²) in [4.78, 5) is 16.6. The van der Waals surface area contributed by atoms with Crippen molar-refractivity contribution in [2.75, 3.05) is 6.54 Å². The molecule has 0 aliphatic rings. The first kappa shape index (κ1) is 19.4. The van der Waals surface area contributed by atoms with Crippen LogP contribution in [-0.4, -0.2) is 22.5 Å². The van der Waals surface area contributed by atoms with Crippen molar-refractivity contribution in [2.24, 2.45) is 0 Å². The van der Waals surface area contributed by atoms with Crippen LogP contribution in [0.2, 0.25) is 0 Å². The number of phenolic OH excluding ortho intramolecular Hbond substituents is 1. The van der Waals surface area contributed by atoms with Crippen LogP contribution in [0.15, 0.2) is 73.1 Å². The number of carbonyl (C=O) groups excluding carboxylic acids is 1. The molecule has 0 atom stereocenters. The van der Waals surface area contributed by atoms with E-state index in [0.29, 0.717) is 13.0 Å². The van der Waals surface area contributed by atoms with Gasteiger partial charge in [-0.25, -0.2) is 0 Å². The summed E-state index contributed by atoms with van der Waals surface area (Å²) >= 11 is 0. The third-order valence-electron chi connectivity index (χ3n) is 4.73. The second-order valence-corrected chi connectivity index (χ2v) is 6.80. The number of aromatic nitrogens is 1. The summed E-state index contributed by atoms with van der Waals surface area (Å²) in [6.07, 6.45) is 5.81. The van der Waals surface area contributed by atoms with Gasteiger partial charge < -0.3 is 10.4 Å². The summed E-state index contributed by atoms with van der Waals surface area (Å²) in [5, 5.41) is 12.3. The molecule has 2 aromatic carbocycles. The molecule has 28 heavy (non-hydrogen) atoms. The maximum Gasteiger partial charge on any atom is 0.244 e. The van der Waals surface area contributed by atoms with E-state index in [1.54, 1.807) is 30.6 Å². The van der Waals surface area contributed by atoms with E-state index in [0.717, 1.165) is 22.3 Å². The lowest BCUT2D eigenvalue weighted by atomic mass is 9.95. The van der Waals surface area contributed by atoms with Crippen LogP contribution in [-0.2, 0) is 11.2 Å². The number of carbonyl (C=O) groups is 1. The van der Waals surface area contributed by atoms with Gasteiger partial charge in [-0.1, -0.05) is 30.3 Å². The van der Waals surface area contributed by atoms with Crippen LogP contribution in [0.25, 0.3) is 5.57 Å². The van der Waals surface area contributed by atoms with Crippen LogP contribution < -0.4 is 5.32 Å². The van der Waals surface area contributed by atoms with Gasteiger partial charge in [0.1, 0.15) is 5.75 Å². The lowest BCUT2D eigenvalue weighted by molar-refractivity contribution is -0.116. The van der Waals surface area contributed by atoms with Gasteiger partial charge in [0.05, 0.1) is 0 Å². The highest BCUT2D eigenvalue weighted by molar-refractivity contribution is 5.99. The number of benzene rings is 2. The van der Waals surface area contributed by atoms with Gasteiger partial charge in [0.2, 0.25) is 5.91 Å². The average Bonchev–Trinajstić information content (AvgIpc) is 2.70. The molecule has 0 saturated heterocycles. The highest BCUT2D eigenvalue weighted by atomic mass is 16.3. The Labute approximate surface area is 165 Å². The second kappa shape index (κ2) is 9.00. The number of aromatic hydroxyl groups is 1. The molecule has 0 saturated carbocycles. The molecule has 3 aromatic rings. The van der Waals surface area contributed by atoms with Crippen molar-refractivity contribution < 1.29 is 9.90 Å². The first-order chi connectivity index (χ1) is 13.5. The number of nitrogens with zero attached hydrogens (tertiary/aromatic N) is 1. The zero-order valence-electron chi connectivity index (χ0n) is 16.1. The predicted octanol–water partition coefficient (Wildman–Crippen LogP) is 4.19. The van der Waals surface area contributed by atoms with Gasteiger partial charge in [0, 0.05) is 25.0 Å². The summed E-state index contributed by atoms with van der Waals surface area (Å²) in [5.41, 5.74) is 6.29. The molecular formula is C24H24N2O2. The second-order valence-electron chi connectivity index (χ2n) is 6.80. The lowest BCUT2D eigenvalue weighted by Crippen LogP contribution is -2.24. The number of rotatable bonds is 6. The SMILES string of the molecule is Cc1ccc(/C(=C/C(=O)NCCc2ccc(O)cc2)c2ccncc2)cc1C. The fourth-order valence-electron chi connectivity index (χ4n) is 2.95. The molecule has 0 radical (unpaired) electrons. The Balaban J connectivity index is 1.77. The van der Waals surface area contributed by atoms with Crippen LogP contribution >= 0.6 is 0 Å². The number of hydrogen-bond acceptors (Lipinski definition) is 3. The van der Waals surface area contributed by atoms with Gasteiger partial charge in [-0.05, 0) is 77.9 Å². The van der Waals surface area contributed by atoms with Crippen molar-refractivity contribution in [3.63, 3.8) is 0 Å². The fourth-order valence-corrected chi connectivity index (χ4v) is 2.95. The number of aryl methyl sites for hydroxylation is 2. The number of pyridine rings is 1. The van der Waals surface area contributed by atoms with Gasteiger partial charge in [-0.15, -0.1) is 0 Å². The normalized spacial score (nSPS) is 11.3. The molecule has 1 amide bonds. The summed E-state index contributed by atoms with van der Waals surface area (Å²) in [6, 6.07) is 17.0. The van der Waals surface area contributed by atoms with Crippen LogP contribution in [0.1, 0.15) is 27.8 Å². The van der Waals surface area contributed by atoms with Crippen molar-refractivity contribution in [3.05, 3.63) is 101 Å². The molecule has 2 N–H and O–H groups in total. The topological polar surface area (TPSA) is 62.2 Å². The average molecular weight is 372 g/mol. The Morgan fingerprint density at radius 3 is 2.36 bits per heavy atom. The van der Waals surface area contributed by atoms with E-state index in [2.05, 4.69) is 36.3 Å². The van der Waals surface area contributed by atoms with Gasteiger partial charge in [-0.2, -0.15) is 0 Å². The molecule has 0 spiro atoms. The molecule has 0 fully saturated rings. The minimum absolute atomic E-state index is 0.135. The monoisotopic (exact) mass is 372 g/mol. The summed E-state index contributed by atoms with van der Waals surface area (Å²) in [7, 11) is 0. The molecule has 0 aliphatic carbocycles. The van der Waals surface area contributed by atoms with Crippen molar-refractivity contribution in [1.29, 1.82) is 0 Å². The molecule has 4 heteroatoms. The Morgan fingerprint density at radius 2 is 1.68 bits per heavy atom. The van der Waals surface area contributed by atoms with Gasteiger partial charge >= 0.3 is 0 Å². The third kappa shape index (κ3) is 5.07. The van der Waals surface area contributed by atoms with Crippen LogP contribution in [0.4, 0.5) is 0 Å². The Kier molecular flexibility index (Phi) is 6.22. The Hall–Kier alpha value is -3.40. The molecule has 3 rings (SSSR count). The van der Waals surface area contributed by atoms with Crippen LogP contribution in [0, 0.1) is 13.8 Å². The van der Waals surface area contributed by atoms with Crippen molar-refractivity contribution in [1.82, 2.24) is 10.3 Å². The van der Waals surface area contributed by atoms with E-state index >= 15 is 0 Å². The third-order valence-corrected chi connectivity index (χ3v) is 4.73. The van der Waals surface area contributed by atoms with E-state index in [-0.39, 0.29) is 11.7 Å². The minimum Gasteiger partial charge on any atom is -0.508 e. The maximum absolute atomic E-state index is 12.6. The predicted molar refractivity (Wildman–Crippen MR) is 112 cm³/mol. The van der Waals surface area contributed by atoms with Gasteiger partial charge in [0.25, 0.3) is 0 Å². The van der Waals surface area contributed by atoms with Gasteiger partial charge in [0.15, 0.2) is 0 Å². The largest absolute Gasteiger partial charge is 0.508 e. The highest BCUT2D eigenvalue weighted by Crippen LogP contribution is 2.24. The zero-order valence-corrected chi connectivity index (χ0v) is 16.1. The molecule has 0 bridgehead atoms. The molecular weight excluding hydrogens is 348 g/mol. The first-order valence-electron chi connectivity index (χ1n) is 9.28. The van der Waals surface area contributed by atoms with Crippen molar-refractivity contribution in [3.8, 4) is 5.75 Å². The van der Waals surface area contributed by atoms with E-state index in [9.17, 15) is 9.90 Å². The molecule has 142 valence electrons. The molecule has 1 aromatic heterocycles. The van der Waals surface area contributed by atoms with Crippen molar-refractivity contribution in [2.45, 2.75) is 20.3 Å². The quantitative estimate of drug-likeness (QED) is 0.638. The van der Waals surface area contributed by atoms with E-state index < -0.39 is 0 Å². The number of phenols is 1. The Bertz CT molecular complexity index is 977. The molecule has 1 heterocycles. The summed E-state index contributed by atoms with van der Waals surface area (Å²) in [5.74, 6) is 0.106.